The van der Waals surface area contributed by atoms with Crippen LogP contribution in [0.5, 0.6) is 11.5 Å². The van der Waals surface area contributed by atoms with Gasteiger partial charge in [-0.1, -0.05) is 5.11 Å². The van der Waals surface area contributed by atoms with E-state index in [0.717, 1.165) is 5.75 Å². The third-order valence-corrected chi connectivity index (χ3v) is 1.93. The van der Waals surface area contributed by atoms with E-state index in [4.69, 9.17) is 20.1 Å². The molecule has 1 N–H and O–H groups in total. The van der Waals surface area contributed by atoms with Gasteiger partial charge in [0.25, 0.3) is 0 Å². The predicted molar refractivity (Wildman–Crippen MR) is 58.5 cm³/mol. The first-order valence-electron chi connectivity index (χ1n) is 4.72. The van der Waals surface area contributed by atoms with Gasteiger partial charge in [-0.3, -0.25) is 0 Å². The van der Waals surface area contributed by atoms with Crippen LogP contribution in [0.25, 0.3) is 10.4 Å². The molecule has 6 nitrogen and oxygen atoms in total. The molecule has 16 heavy (non-hydrogen) atoms. The van der Waals surface area contributed by atoms with Crippen LogP contribution in [-0.2, 0) is 0 Å². The van der Waals surface area contributed by atoms with Gasteiger partial charge in [0, 0.05) is 4.91 Å². The highest BCUT2D eigenvalue weighted by molar-refractivity contribution is 5.31. The minimum atomic E-state index is -0.563. The second-order valence-electron chi connectivity index (χ2n) is 3.03. The van der Waals surface area contributed by atoms with Gasteiger partial charge in [0.15, 0.2) is 0 Å². The van der Waals surface area contributed by atoms with Gasteiger partial charge in [0.05, 0.1) is 26.4 Å². The lowest BCUT2D eigenvalue weighted by atomic mass is 10.3. The Hall–Kier alpha value is -1.91. The summed E-state index contributed by atoms with van der Waals surface area (Å²) in [6, 6.07) is 6.44. The first kappa shape index (κ1) is 12.2. The van der Waals surface area contributed by atoms with Crippen LogP contribution < -0.4 is 9.47 Å². The molecular weight excluding hydrogens is 210 g/mol. The molecule has 0 bridgehead atoms. The average molecular weight is 223 g/mol. The fourth-order valence-corrected chi connectivity index (χ4v) is 1.06. The van der Waals surface area contributed by atoms with Crippen LogP contribution in [0.1, 0.15) is 0 Å². The van der Waals surface area contributed by atoms with E-state index in [1.165, 1.54) is 0 Å². The third kappa shape index (κ3) is 3.68. The van der Waals surface area contributed by atoms with E-state index in [1.54, 1.807) is 31.4 Å². The number of azide groups is 1. The molecule has 1 atom stereocenters. The Bertz CT molecular complexity index is 360. The van der Waals surface area contributed by atoms with Crippen LogP contribution in [0.4, 0.5) is 0 Å². The van der Waals surface area contributed by atoms with Crippen molar-refractivity contribution < 1.29 is 14.6 Å². The first-order chi connectivity index (χ1) is 7.80. The summed E-state index contributed by atoms with van der Waals surface area (Å²) in [5, 5.41) is 12.2. The highest BCUT2D eigenvalue weighted by Gasteiger charge is 2.05. The molecule has 0 saturated heterocycles. The summed E-state index contributed by atoms with van der Waals surface area (Å²) in [6.07, 6.45) is 0. The molecule has 1 unspecified atom stereocenters. The number of hydrogen-bond donors (Lipinski definition) is 1. The van der Waals surface area contributed by atoms with Crippen molar-refractivity contribution in [3.05, 3.63) is 34.7 Å². The van der Waals surface area contributed by atoms with E-state index < -0.39 is 6.04 Å². The highest BCUT2D eigenvalue weighted by atomic mass is 16.5. The Labute approximate surface area is 93.0 Å². The van der Waals surface area contributed by atoms with Gasteiger partial charge in [0.2, 0.25) is 0 Å². The van der Waals surface area contributed by atoms with Gasteiger partial charge in [-0.05, 0) is 29.8 Å². The van der Waals surface area contributed by atoms with E-state index in [0.29, 0.717) is 5.75 Å². The smallest absolute Gasteiger partial charge is 0.119 e. The number of nitrogens with zero attached hydrogens (tertiary/aromatic N) is 3. The van der Waals surface area contributed by atoms with Gasteiger partial charge >= 0.3 is 0 Å². The minimum absolute atomic E-state index is 0.146. The van der Waals surface area contributed by atoms with Crippen LogP contribution in [0, 0.1) is 0 Å². The normalized spacial score (nSPS) is 11.4. The van der Waals surface area contributed by atoms with Gasteiger partial charge in [-0.2, -0.15) is 0 Å². The molecule has 0 amide bonds. The van der Waals surface area contributed by atoms with Crippen LogP contribution in [0.15, 0.2) is 29.4 Å². The van der Waals surface area contributed by atoms with Crippen molar-refractivity contribution in [1.82, 2.24) is 0 Å². The molecule has 0 saturated carbocycles. The van der Waals surface area contributed by atoms with Crippen molar-refractivity contribution in [3.8, 4) is 11.5 Å². The van der Waals surface area contributed by atoms with Gasteiger partial charge in [0.1, 0.15) is 11.5 Å². The predicted octanol–water partition coefficient (Wildman–Crippen LogP) is 1.75. The number of ether oxygens (including phenoxy) is 2. The third-order valence-electron chi connectivity index (χ3n) is 1.93. The molecule has 0 aromatic heterocycles. The number of methoxy groups -OCH3 is 1. The Morgan fingerprint density at radius 1 is 1.38 bits per heavy atom. The molecule has 0 aliphatic carbocycles. The van der Waals surface area contributed by atoms with Gasteiger partial charge in [-0.15, -0.1) is 0 Å². The standard InChI is InChI=1S/C10H13N3O3/c1-15-9-2-4-10(5-3-9)16-7-8(6-14)12-13-11/h2-5,8,14H,6-7H2,1H3. The van der Waals surface area contributed by atoms with Crippen LogP contribution in [0.3, 0.4) is 0 Å². The van der Waals surface area contributed by atoms with Crippen molar-refractivity contribution in [1.29, 1.82) is 0 Å². The maximum Gasteiger partial charge on any atom is 0.119 e. The molecule has 0 aliphatic rings. The number of benzene rings is 1. The summed E-state index contributed by atoms with van der Waals surface area (Å²) in [5.41, 5.74) is 8.21. The second kappa shape index (κ2) is 6.55. The number of aliphatic hydroxyl groups is 1. The summed E-state index contributed by atoms with van der Waals surface area (Å²) in [7, 11) is 1.58. The van der Waals surface area contributed by atoms with E-state index in [2.05, 4.69) is 10.0 Å². The zero-order valence-electron chi connectivity index (χ0n) is 8.91. The van der Waals surface area contributed by atoms with Crippen molar-refractivity contribution in [2.75, 3.05) is 20.3 Å². The zero-order valence-corrected chi connectivity index (χ0v) is 8.91. The molecule has 1 aromatic rings. The lowest BCUT2D eigenvalue weighted by Gasteiger charge is -2.10. The Morgan fingerprint density at radius 2 is 2.00 bits per heavy atom. The van der Waals surface area contributed by atoms with Crippen molar-refractivity contribution >= 4 is 0 Å². The molecule has 0 fully saturated rings. The summed E-state index contributed by atoms with van der Waals surface area (Å²) in [4.78, 5) is 2.61. The monoisotopic (exact) mass is 223 g/mol. The summed E-state index contributed by atoms with van der Waals surface area (Å²) in [5.74, 6) is 1.37. The van der Waals surface area contributed by atoms with E-state index >= 15 is 0 Å². The fourth-order valence-electron chi connectivity index (χ4n) is 1.06. The molecule has 6 heteroatoms. The SMILES string of the molecule is COc1ccc(OCC(CO)N=[N+]=[N-])cc1. The van der Waals surface area contributed by atoms with E-state index in [-0.39, 0.29) is 13.2 Å². The summed E-state index contributed by atoms with van der Waals surface area (Å²) < 4.78 is 10.3. The summed E-state index contributed by atoms with van der Waals surface area (Å²) >= 11 is 0. The van der Waals surface area contributed by atoms with Crippen LogP contribution >= 0.6 is 0 Å². The minimum Gasteiger partial charge on any atom is -0.497 e. The molecule has 0 aliphatic heterocycles. The fraction of sp³-hybridized carbons (Fsp3) is 0.400. The molecule has 1 aromatic carbocycles. The summed E-state index contributed by atoms with van der Waals surface area (Å²) in [6.45, 7) is -0.0902. The maximum atomic E-state index is 8.85. The van der Waals surface area contributed by atoms with Gasteiger partial charge < -0.3 is 14.6 Å². The Morgan fingerprint density at radius 3 is 2.50 bits per heavy atom. The molecule has 0 radical (unpaired) electrons. The van der Waals surface area contributed by atoms with Crippen molar-refractivity contribution in [2.24, 2.45) is 5.11 Å². The lowest BCUT2D eigenvalue weighted by molar-refractivity contribution is 0.206. The zero-order chi connectivity index (χ0) is 11.8. The van der Waals surface area contributed by atoms with E-state index in [1.807, 2.05) is 0 Å². The second-order valence-corrected chi connectivity index (χ2v) is 3.03. The Kier molecular flexibility index (Phi) is 4.98. The molecule has 0 heterocycles. The van der Waals surface area contributed by atoms with Gasteiger partial charge in [-0.25, -0.2) is 0 Å². The maximum absolute atomic E-state index is 8.85. The Balaban J connectivity index is 2.50. The largest absolute Gasteiger partial charge is 0.497 e. The number of hydrogen-bond acceptors (Lipinski definition) is 4. The topological polar surface area (TPSA) is 87.5 Å². The molecule has 0 spiro atoms. The lowest BCUT2D eigenvalue weighted by Crippen LogP contribution is -2.19. The highest BCUT2D eigenvalue weighted by Crippen LogP contribution is 2.17. The van der Waals surface area contributed by atoms with Crippen LogP contribution in [-0.4, -0.2) is 31.5 Å². The quantitative estimate of drug-likeness (QED) is 0.452. The van der Waals surface area contributed by atoms with Crippen LogP contribution in [0.2, 0.25) is 0 Å². The van der Waals surface area contributed by atoms with Crippen molar-refractivity contribution in [2.45, 2.75) is 6.04 Å². The molecule has 1 rings (SSSR count). The number of aliphatic hydroxyl groups excluding tert-OH is 1. The molecular formula is C10H13N3O3. The average Bonchev–Trinajstić information content (AvgIpc) is 2.35. The first-order valence-corrected chi connectivity index (χ1v) is 4.72. The molecule has 86 valence electrons. The van der Waals surface area contributed by atoms with Crippen molar-refractivity contribution in [3.63, 3.8) is 0 Å². The number of rotatable bonds is 6. The van der Waals surface area contributed by atoms with E-state index in [9.17, 15) is 0 Å².